The Morgan fingerprint density at radius 1 is 1.29 bits per heavy atom. The highest BCUT2D eigenvalue weighted by Gasteiger charge is 2.37. The molecule has 1 atom stereocenters. The normalized spacial score (nSPS) is 26.0. The van der Waals surface area contributed by atoms with Crippen LogP contribution in [-0.4, -0.2) is 53.7 Å². The molecule has 1 saturated heterocycles. The Morgan fingerprint density at radius 3 is 2.47 bits per heavy atom. The minimum absolute atomic E-state index is 0.194. The van der Waals surface area contributed by atoms with E-state index in [2.05, 4.69) is 4.90 Å². The van der Waals surface area contributed by atoms with Crippen LogP contribution in [0.15, 0.2) is 0 Å². The molecule has 0 aromatic carbocycles. The third-order valence-corrected chi connectivity index (χ3v) is 3.49. The minimum atomic E-state index is -0.403. The van der Waals surface area contributed by atoms with Crippen LogP contribution >= 0.6 is 0 Å². The summed E-state index contributed by atoms with van der Waals surface area (Å²) in [5, 5.41) is 0. The van der Waals surface area contributed by atoms with Gasteiger partial charge in [0.2, 0.25) is 0 Å². The van der Waals surface area contributed by atoms with Crippen molar-refractivity contribution in [1.29, 1.82) is 0 Å². The predicted octanol–water partition coefficient (Wildman–Crippen LogP) is 2.09. The van der Waals surface area contributed by atoms with Gasteiger partial charge in [0.25, 0.3) is 0 Å². The Bertz CT molecular complexity index is 294. The summed E-state index contributed by atoms with van der Waals surface area (Å²) in [5.41, 5.74) is -0.403. The smallest absolute Gasteiger partial charge is 0.410 e. The molecule has 0 radical (unpaired) electrons. The molecule has 98 valence electrons. The van der Waals surface area contributed by atoms with Crippen molar-refractivity contribution >= 4 is 6.09 Å². The van der Waals surface area contributed by atoms with Crippen LogP contribution in [0.25, 0.3) is 0 Å². The van der Waals surface area contributed by atoms with Crippen LogP contribution in [0, 0.1) is 0 Å². The first-order chi connectivity index (χ1) is 7.87. The number of nitrogens with zero attached hydrogens (tertiary/aromatic N) is 2. The zero-order valence-electron chi connectivity index (χ0n) is 11.4. The van der Waals surface area contributed by atoms with Crippen molar-refractivity contribution in [3.05, 3.63) is 0 Å². The molecule has 1 amide bonds. The molecule has 17 heavy (non-hydrogen) atoms. The predicted molar refractivity (Wildman–Crippen MR) is 67.0 cm³/mol. The lowest BCUT2D eigenvalue weighted by molar-refractivity contribution is 0.0228. The molecule has 4 nitrogen and oxygen atoms in total. The summed E-state index contributed by atoms with van der Waals surface area (Å²) in [4.78, 5) is 16.2. The van der Waals surface area contributed by atoms with Gasteiger partial charge in [-0.2, -0.15) is 0 Å². The second kappa shape index (κ2) is 4.48. The molecule has 0 N–H and O–H groups in total. The summed E-state index contributed by atoms with van der Waals surface area (Å²) in [6.45, 7) is 7.86. The minimum Gasteiger partial charge on any atom is -0.444 e. The molecule has 0 aromatic rings. The molecule has 1 aliphatic carbocycles. The van der Waals surface area contributed by atoms with Crippen LogP contribution in [0.3, 0.4) is 0 Å². The maximum absolute atomic E-state index is 11.9. The largest absolute Gasteiger partial charge is 0.444 e. The Kier molecular flexibility index (Phi) is 3.34. The zero-order valence-corrected chi connectivity index (χ0v) is 11.4. The molecule has 1 aliphatic heterocycles. The standard InChI is InChI=1S/C13H24N2O2/c1-13(2,3)17-12(16)14(4)11-7-8-15(9-11)10-5-6-10/h10-11H,5-9H2,1-4H3/t11-/m0/s1. The SMILES string of the molecule is CN(C(=O)OC(C)(C)C)[C@H]1CCN(C2CC2)C1. The lowest BCUT2D eigenvalue weighted by Gasteiger charge is -2.28. The summed E-state index contributed by atoms with van der Waals surface area (Å²) < 4.78 is 5.39. The number of hydrogen-bond acceptors (Lipinski definition) is 3. The summed E-state index contributed by atoms with van der Waals surface area (Å²) in [7, 11) is 1.86. The average molecular weight is 240 g/mol. The van der Waals surface area contributed by atoms with E-state index in [-0.39, 0.29) is 6.09 Å². The number of amides is 1. The number of carbonyl (C=O) groups excluding carboxylic acids is 1. The van der Waals surface area contributed by atoms with Crippen LogP contribution in [0.5, 0.6) is 0 Å². The van der Waals surface area contributed by atoms with Gasteiger partial charge in [-0.15, -0.1) is 0 Å². The van der Waals surface area contributed by atoms with Gasteiger partial charge in [0.1, 0.15) is 5.60 Å². The lowest BCUT2D eigenvalue weighted by atomic mass is 10.2. The number of hydrogen-bond donors (Lipinski definition) is 0. The Balaban J connectivity index is 1.83. The molecular formula is C13H24N2O2. The fourth-order valence-corrected chi connectivity index (χ4v) is 2.34. The van der Waals surface area contributed by atoms with Crippen LogP contribution < -0.4 is 0 Å². The van der Waals surface area contributed by atoms with E-state index in [1.54, 1.807) is 4.90 Å². The van der Waals surface area contributed by atoms with E-state index in [1.807, 2.05) is 27.8 Å². The van der Waals surface area contributed by atoms with Gasteiger partial charge in [-0.25, -0.2) is 4.79 Å². The average Bonchev–Trinajstić information content (AvgIpc) is 2.93. The van der Waals surface area contributed by atoms with Gasteiger partial charge in [0.05, 0.1) is 0 Å². The molecule has 0 aromatic heterocycles. The molecular weight excluding hydrogens is 216 g/mol. The van der Waals surface area contributed by atoms with Crippen LogP contribution in [0.4, 0.5) is 4.79 Å². The van der Waals surface area contributed by atoms with Crippen molar-refractivity contribution in [2.45, 2.75) is 57.7 Å². The molecule has 1 saturated carbocycles. The van der Waals surface area contributed by atoms with Gasteiger partial charge < -0.3 is 9.64 Å². The Hall–Kier alpha value is -0.770. The number of rotatable bonds is 2. The monoisotopic (exact) mass is 240 g/mol. The van der Waals surface area contributed by atoms with Crippen LogP contribution in [0.1, 0.15) is 40.0 Å². The summed E-state index contributed by atoms with van der Waals surface area (Å²) >= 11 is 0. The second-order valence-electron chi connectivity index (χ2n) is 6.26. The highest BCUT2D eigenvalue weighted by atomic mass is 16.6. The summed E-state index contributed by atoms with van der Waals surface area (Å²) in [6.07, 6.45) is 3.55. The first kappa shape index (κ1) is 12.7. The van der Waals surface area contributed by atoms with Crippen molar-refractivity contribution in [3.8, 4) is 0 Å². The maximum Gasteiger partial charge on any atom is 0.410 e. The molecule has 2 aliphatic rings. The Labute approximate surface area is 104 Å². The van der Waals surface area contributed by atoms with Gasteiger partial charge >= 0.3 is 6.09 Å². The maximum atomic E-state index is 11.9. The van der Waals surface area contributed by atoms with E-state index in [9.17, 15) is 4.79 Å². The van der Waals surface area contributed by atoms with E-state index in [1.165, 1.54) is 12.8 Å². The van der Waals surface area contributed by atoms with E-state index >= 15 is 0 Å². The van der Waals surface area contributed by atoms with Crippen molar-refractivity contribution in [2.24, 2.45) is 0 Å². The van der Waals surface area contributed by atoms with E-state index in [0.717, 1.165) is 25.6 Å². The molecule has 4 heteroatoms. The first-order valence-electron chi connectivity index (χ1n) is 6.57. The lowest BCUT2D eigenvalue weighted by Crippen LogP contribution is -2.42. The topological polar surface area (TPSA) is 32.8 Å². The van der Waals surface area contributed by atoms with Crippen molar-refractivity contribution in [3.63, 3.8) is 0 Å². The highest BCUT2D eigenvalue weighted by molar-refractivity contribution is 5.68. The second-order valence-corrected chi connectivity index (χ2v) is 6.26. The van der Waals surface area contributed by atoms with Crippen molar-refractivity contribution < 1.29 is 9.53 Å². The Morgan fingerprint density at radius 2 is 1.94 bits per heavy atom. The van der Waals surface area contributed by atoms with E-state index in [4.69, 9.17) is 4.74 Å². The van der Waals surface area contributed by atoms with Gasteiger partial charge in [-0.3, -0.25) is 4.90 Å². The molecule has 2 rings (SSSR count). The van der Waals surface area contributed by atoms with Crippen molar-refractivity contribution in [1.82, 2.24) is 9.80 Å². The number of ether oxygens (including phenoxy) is 1. The van der Waals surface area contributed by atoms with E-state index in [0.29, 0.717) is 6.04 Å². The van der Waals surface area contributed by atoms with Crippen molar-refractivity contribution in [2.75, 3.05) is 20.1 Å². The molecule has 1 heterocycles. The number of likely N-dealkylation sites (tertiary alicyclic amines) is 1. The molecule has 0 bridgehead atoms. The van der Waals surface area contributed by atoms with Gasteiger partial charge in [-0.1, -0.05) is 0 Å². The summed E-state index contributed by atoms with van der Waals surface area (Å²) in [6, 6.07) is 1.12. The molecule has 0 spiro atoms. The third-order valence-electron chi connectivity index (χ3n) is 3.49. The number of carbonyl (C=O) groups is 1. The van der Waals surface area contributed by atoms with Crippen LogP contribution in [0.2, 0.25) is 0 Å². The third kappa shape index (κ3) is 3.35. The fraction of sp³-hybridized carbons (Fsp3) is 0.923. The molecule has 0 unspecified atom stereocenters. The first-order valence-corrected chi connectivity index (χ1v) is 6.57. The van der Waals surface area contributed by atoms with Gasteiger partial charge in [0.15, 0.2) is 0 Å². The fourth-order valence-electron chi connectivity index (χ4n) is 2.34. The van der Waals surface area contributed by atoms with Crippen LogP contribution in [-0.2, 0) is 4.74 Å². The highest BCUT2D eigenvalue weighted by Crippen LogP contribution is 2.31. The number of likely N-dealkylation sites (N-methyl/N-ethyl adjacent to an activating group) is 1. The summed E-state index contributed by atoms with van der Waals surface area (Å²) in [5.74, 6) is 0. The molecule has 2 fully saturated rings. The quantitative estimate of drug-likeness (QED) is 0.741. The van der Waals surface area contributed by atoms with Gasteiger partial charge in [0, 0.05) is 32.2 Å². The zero-order chi connectivity index (χ0) is 12.6. The van der Waals surface area contributed by atoms with Gasteiger partial charge in [-0.05, 0) is 40.0 Å². The van der Waals surface area contributed by atoms with E-state index < -0.39 is 5.60 Å².